The summed E-state index contributed by atoms with van der Waals surface area (Å²) in [7, 11) is -0.483. The van der Waals surface area contributed by atoms with Crippen molar-refractivity contribution in [1.82, 2.24) is 4.98 Å². The predicted molar refractivity (Wildman–Crippen MR) is 110 cm³/mol. The first-order valence-corrected chi connectivity index (χ1v) is 9.39. The molecule has 0 bridgehead atoms. The number of pyridine rings is 1. The molecule has 6 heteroatoms. The van der Waals surface area contributed by atoms with Crippen LogP contribution in [0.3, 0.4) is 0 Å². The lowest BCUT2D eigenvalue weighted by atomic mass is 9.76. The maximum Gasteiger partial charge on any atom is 0.495 e. The molecule has 4 nitrogen and oxygen atoms in total. The second kappa shape index (κ2) is 5.47. The Morgan fingerprint density at radius 2 is 1.70 bits per heavy atom. The number of hydrogen-bond donors (Lipinski definition) is 0. The predicted octanol–water partition coefficient (Wildman–Crippen LogP) is 5.09. The van der Waals surface area contributed by atoms with Crippen LogP contribution < -0.4 is 5.46 Å². The van der Waals surface area contributed by atoms with E-state index in [-0.39, 0.29) is 0 Å². The van der Waals surface area contributed by atoms with E-state index in [1.807, 2.05) is 58.2 Å². The fourth-order valence-electron chi connectivity index (χ4n) is 3.62. The molecule has 2 aromatic heterocycles. The third kappa shape index (κ3) is 2.42. The van der Waals surface area contributed by atoms with E-state index in [1.54, 1.807) is 6.20 Å². The fourth-order valence-corrected chi connectivity index (χ4v) is 3.82. The third-order valence-corrected chi connectivity index (χ3v) is 6.17. The quantitative estimate of drug-likeness (QED) is 0.432. The highest BCUT2D eigenvalue weighted by Gasteiger charge is 2.52. The van der Waals surface area contributed by atoms with Crippen molar-refractivity contribution in [2.45, 2.75) is 38.9 Å². The van der Waals surface area contributed by atoms with Crippen LogP contribution in [0.1, 0.15) is 27.7 Å². The monoisotopic (exact) mass is 379 g/mol. The summed E-state index contributed by atoms with van der Waals surface area (Å²) >= 11 is 6.46. The zero-order valence-electron chi connectivity index (χ0n) is 15.7. The number of fused-ring (bicyclic) bond motifs is 4. The Morgan fingerprint density at radius 3 is 2.44 bits per heavy atom. The lowest BCUT2D eigenvalue weighted by Gasteiger charge is -2.32. The number of halogens is 1. The molecule has 136 valence electrons. The van der Waals surface area contributed by atoms with Gasteiger partial charge in [0.1, 0.15) is 5.58 Å². The van der Waals surface area contributed by atoms with Gasteiger partial charge < -0.3 is 13.7 Å². The summed E-state index contributed by atoms with van der Waals surface area (Å²) in [5.41, 5.74) is 1.53. The number of nitrogens with zero attached hydrogens (tertiary/aromatic N) is 1. The van der Waals surface area contributed by atoms with Crippen LogP contribution in [-0.4, -0.2) is 23.3 Å². The molecule has 3 heterocycles. The molecular weight excluding hydrogens is 361 g/mol. The molecule has 0 radical (unpaired) electrons. The van der Waals surface area contributed by atoms with Crippen molar-refractivity contribution in [3.8, 4) is 0 Å². The van der Waals surface area contributed by atoms with Crippen LogP contribution in [0.15, 0.2) is 47.1 Å². The van der Waals surface area contributed by atoms with Gasteiger partial charge in [-0.2, -0.15) is 0 Å². The minimum absolute atomic E-state index is 0.415. The van der Waals surface area contributed by atoms with Crippen LogP contribution in [0, 0.1) is 0 Å². The normalized spacial score (nSPS) is 18.8. The van der Waals surface area contributed by atoms with Crippen molar-refractivity contribution < 1.29 is 13.7 Å². The van der Waals surface area contributed by atoms with Crippen LogP contribution in [0.2, 0.25) is 5.02 Å². The smallest absolute Gasteiger partial charge is 0.454 e. The molecule has 1 aliphatic heterocycles. The molecule has 4 aromatic rings. The molecule has 0 amide bonds. The molecule has 1 fully saturated rings. The Kier molecular flexibility index (Phi) is 3.46. The zero-order chi connectivity index (χ0) is 19.0. The van der Waals surface area contributed by atoms with Crippen LogP contribution in [0.25, 0.3) is 32.7 Å². The first-order chi connectivity index (χ1) is 12.8. The second-order valence-corrected chi connectivity index (χ2v) is 8.51. The highest BCUT2D eigenvalue weighted by atomic mass is 35.5. The molecule has 0 atom stereocenters. The van der Waals surface area contributed by atoms with Crippen molar-refractivity contribution in [3.05, 3.63) is 47.7 Å². The summed E-state index contributed by atoms with van der Waals surface area (Å²) in [6.07, 6.45) is 3.62. The van der Waals surface area contributed by atoms with Gasteiger partial charge in [-0.1, -0.05) is 17.7 Å². The van der Waals surface area contributed by atoms with E-state index in [0.29, 0.717) is 10.6 Å². The van der Waals surface area contributed by atoms with Crippen molar-refractivity contribution in [2.24, 2.45) is 0 Å². The van der Waals surface area contributed by atoms with Gasteiger partial charge >= 0.3 is 7.12 Å². The van der Waals surface area contributed by atoms with Gasteiger partial charge in [-0.05, 0) is 62.8 Å². The number of furan rings is 1. The van der Waals surface area contributed by atoms with E-state index < -0.39 is 18.3 Å². The zero-order valence-corrected chi connectivity index (χ0v) is 16.4. The molecule has 1 aliphatic rings. The van der Waals surface area contributed by atoms with Gasteiger partial charge in [0.15, 0.2) is 5.58 Å². The summed E-state index contributed by atoms with van der Waals surface area (Å²) in [5, 5.41) is 4.63. The van der Waals surface area contributed by atoms with Crippen LogP contribution >= 0.6 is 11.6 Å². The molecule has 2 aromatic carbocycles. The number of benzene rings is 2. The highest BCUT2D eigenvalue weighted by molar-refractivity contribution is 6.66. The van der Waals surface area contributed by atoms with Crippen molar-refractivity contribution >= 4 is 56.9 Å². The summed E-state index contributed by atoms with van der Waals surface area (Å²) < 4.78 is 18.7. The van der Waals surface area contributed by atoms with Gasteiger partial charge in [0.05, 0.1) is 16.2 Å². The minimum Gasteiger partial charge on any atom is -0.454 e. The van der Waals surface area contributed by atoms with Gasteiger partial charge in [0, 0.05) is 28.6 Å². The minimum atomic E-state index is -0.483. The van der Waals surface area contributed by atoms with Gasteiger partial charge in [0.2, 0.25) is 0 Å². The molecule has 27 heavy (non-hydrogen) atoms. The SMILES string of the molecule is CC1(C)OB(c2ccc(Cl)c3oc4cc5cnccc5cc4c23)OC1(C)C. The van der Waals surface area contributed by atoms with Gasteiger partial charge in [-0.15, -0.1) is 0 Å². The summed E-state index contributed by atoms with van der Waals surface area (Å²) in [5.74, 6) is 0. The molecule has 0 aliphatic carbocycles. The Morgan fingerprint density at radius 1 is 0.963 bits per heavy atom. The summed E-state index contributed by atoms with van der Waals surface area (Å²) in [6.45, 7) is 8.20. The van der Waals surface area contributed by atoms with Crippen LogP contribution in [0.4, 0.5) is 0 Å². The number of rotatable bonds is 1. The molecular formula is C21H19BClNO3. The van der Waals surface area contributed by atoms with Crippen LogP contribution in [-0.2, 0) is 9.31 Å². The fraction of sp³-hybridized carbons (Fsp3) is 0.286. The van der Waals surface area contributed by atoms with E-state index in [2.05, 4.69) is 11.1 Å². The number of aromatic nitrogens is 1. The average Bonchev–Trinajstić information content (AvgIpc) is 3.08. The van der Waals surface area contributed by atoms with Gasteiger partial charge in [0.25, 0.3) is 0 Å². The standard InChI is InChI=1S/C21H19BClNO3/c1-20(2)21(3,4)27-22(26-20)15-5-6-16(23)19-18(15)14-9-12-7-8-24-11-13(12)10-17(14)25-19/h5-11H,1-4H3. The van der Waals surface area contributed by atoms with E-state index in [9.17, 15) is 0 Å². The Bertz CT molecular complexity index is 1200. The van der Waals surface area contributed by atoms with Gasteiger partial charge in [-0.25, -0.2) is 0 Å². The Balaban J connectivity index is 1.81. The van der Waals surface area contributed by atoms with Crippen molar-refractivity contribution in [1.29, 1.82) is 0 Å². The Hall–Kier alpha value is -2.08. The molecule has 0 saturated carbocycles. The summed E-state index contributed by atoms with van der Waals surface area (Å²) in [6, 6.07) is 9.92. The van der Waals surface area contributed by atoms with E-state index >= 15 is 0 Å². The first kappa shape index (κ1) is 17.1. The van der Waals surface area contributed by atoms with E-state index in [1.165, 1.54) is 0 Å². The first-order valence-electron chi connectivity index (χ1n) is 9.01. The van der Waals surface area contributed by atoms with Gasteiger partial charge in [-0.3, -0.25) is 4.98 Å². The molecule has 0 spiro atoms. The highest BCUT2D eigenvalue weighted by Crippen LogP contribution is 2.39. The Labute approximate surface area is 162 Å². The lowest BCUT2D eigenvalue weighted by Crippen LogP contribution is -2.41. The maximum absolute atomic E-state index is 6.46. The third-order valence-electron chi connectivity index (χ3n) is 5.87. The summed E-state index contributed by atoms with van der Waals surface area (Å²) in [4.78, 5) is 4.20. The van der Waals surface area contributed by atoms with E-state index in [0.717, 1.165) is 32.6 Å². The van der Waals surface area contributed by atoms with Crippen molar-refractivity contribution in [3.63, 3.8) is 0 Å². The second-order valence-electron chi connectivity index (χ2n) is 8.10. The number of hydrogen-bond acceptors (Lipinski definition) is 4. The molecule has 5 rings (SSSR count). The lowest BCUT2D eigenvalue weighted by molar-refractivity contribution is 0.00578. The molecule has 1 saturated heterocycles. The van der Waals surface area contributed by atoms with Crippen molar-refractivity contribution in [2.75, 3.05) is 0 Å². The van der Waals surface area contributed by atoms with E-state index in [4.69, 9.17) is 25.3 Å². The topological polar surface area (TPSA) is 44.5 Å². The largest absolute Gasteiger partial charge is 0.495 e. The maximum atomic E-state index is 6.46. The van der Waals surface area contributed by atoms with Crippen LogP contribution in [0.5, 0.6) is 0 Å². The molecule has 0 N–H and O–H groups in total. The average molecular weight is 380 g/mol. The molecule has 0 unspecified atom stereocenters.